The molecule has 15 heavy (non-hydrogen) atoms. The molecule has 0 aliphatic carbocycles. The van der Waals surface area contributed by atoms with E-state index in [-0.39, 0.29) is 12.3 Å². The summed E-state index contributed by atoms with van der Waals surface area (Å²) in [4.78, 5) is 0. The Labute approximate surface area is 90.6 Å². The molecule has 0 aromatic carbocycles. The summed E-state index contributed by atoms with van der Waals surface area (Å²) >= 11 is 0. The molecule has 0 bridgehead atoms. The zero-order chi connectivity index (χ0) is 11.9. The van der Waals surface area contributed by atoms with Gasteiger partial charge in [0.25, 0.3) is 0 Å². The van der Waals surface area contributed by atoms with Crippen LogP contribution in [0.15, 0.2) is 0 Å². The Hall–Kier alpha value is 0.0838. The van der Waals surface area contributed by atoms with E-state index in [9.17, 15) is 21.1 Å². The van der Waals surface area contributed by atoms with Gasteiger partial charge < -0.3 is 0 Å². The zero-order valence-corrected chi connectivity index (χ0v) is 11.2. The Morgan fingerprint density at radius 1 is 1.07 bits per heavy atom. The number of hydrogen-bond acceptors (Lipinski definition) is 0. The molecule has 0 heterocycles. The van der Waals surface area contributed by atoms with Gasteiger partial charge in [0.2, 0.25) is 6.43 Å². The Morgan fingerprint density at radius 3 is 2.07 bits per heavy atom. The van der Waals surface area contributed by atoms with Crippen molar-refractivity contribution in [3.8, 4) is 0 Å². The lowest BCUT2D eigenvalue weighted by molar-refractivity contribution is 0.144. The second-order valence-corrected chi connectivity index (χ2v) is 7.71. The first kappa shape index (κ1) is 15.1. The van der Waals surface area contributed by atoms with Crippen LogP contribution in [0.25, 0.3) is 0 Å². The van der Waals surface area contributed by atoms with Gasteiger partial charge in [-0.25, -0.2) is 21.1 Å². The van der Waals surface area contributed by atoms with E-state index in [0.29, 0.717) is 12.5 Å². The predicted molar refractivity (Wildman–Crippen MR) is 56.4 cm³/mol. The van der Waals surface area contributed by atoms with Crippen LogP contribution in [-0.4, -0.2) is 25.0 Å². The van der Waals surface area contributed by atoms with Crippen molar-refractivity contribution < 1.29 is 21.1 Å². The summed E-state index contributed by atoms with van der Waals surface area (Å²) in [6.07, 6.45) is -1.77. The molecule has 0 aromatic rings. The molecule has 92 valence electrons. The van der Waals surface area contributed by atoms with Crippen molar-refractivity contribution in [3.05, 3.63) is 0 Å². The van der Waals surface area contributed by atoms with Gasteiger partial charge in [-0.15, -0.1) is 0 Å². The van der Waals surface area contributed by atoms with E-state index < -0.39 is 31.1 Å². The molecule has 0 nitrogen and oxygen atoms in total. The molecule has 0 fully saturated rings. The first-order chi connectivity index (χ1) is 6.81. The SMILES string of the molecule is CC(CC[SiH2]CCC(F)F)C[Si](F)(F)F. The van der Waals surface area contributed by atoms with Gasteiger partial charge in [0.1, 0.15) is 0 Å². The molecule has 1 atom stereocenters. The van der Waals surface area contributed by atoms with Crippen molar-refractivity contribution in [2.45, 2.75) is 44.3 Å². The van der Waals surface area contributed by atoms with Crippen molar-refractivity contribution >= 4 is 18.6 Å². The smallest absolute Gasteiger partial charge is 0.238 e. The minimum atomic E-state index is -5.41. The molecular weight excluding hydrogens is 247 g/mol. The fraction of sp³-hybridized carbons (Fsp3) is 1.00. The van der Waals surface area contributed by atoms with E-state index in [1.165, 1.54) is 0 Å². The van der Waals surface area contributed by atoms with Crippen molar-refractivity contribution in [1.82, 2.24) is 0 Å². The van der Waals surface area contributed by atoms with Crippen molar-refractivity contribution in [3.63, 3.8) is 0 Å². The third kappa shape index (κ3) is 12.0. The summed E-state index contributed by atoms with van der Waals surface area (Å²) in [5.74, 6) is -0.310. The average Bonchev–Trinajstić information content (AvgIpc) is 1.99. The summed E-state index contributed by atoms with van der Waals surface area (Å²) in [7, 11) is -5.97. The minimum absolute atomic E-state index is 0.0748. The topological polar surface area (TPSA) is 0 Å². The second kappa shape index (κ2) is 7.37. The summed E-state index contributed by atoms with van der Waals surface area (Å²) < 4.78 is 59.6. The van der Waals surface area contributed by atoms with Crippen LogP contribution in [0.4, 0.5) is 21.1 Å². The van der Waals surface area contributed by atoms with Crippen LogP contribution in [0.1, 0.15) is 19.8 Å². The first-order valence-corrected chi connectivity index (χ1v) is 9.00. The van der Waals surface area contributed by atoms with Gasteiger partial charge in [0.05, 0.1) is 0 Å². The maximum atomic E-state index is 12.0. The molecular formula is C8H17F5Si2. The summed E-state index contributed by atoms with van der Waals surface area (Å²) in [6.45, 7) is 1.60. The second-order valence-electron chi connectivity index (χ2n) is 3.95. The van der Waals surface area contributed by atoms with Crippen molar-refractivity contribution in [2.24, 2.45) is 5.92 Å². The molecule has 0 radical (unpaired) electrons. The highest BCUT2D eigenvalue weighted by Gasteiger charge is 2.37. The molecule has 0 amide bonds. The normalized spacial score (nSPS) is 15.4. The summed E-state index contributed by atoms with van der Waals surface area (Å²) in [5.41, 5.74) is 0. The van der Waals surface area contributed by atoms with Gasteiger partial charge in [0, 0.05) is 22.0 Å². The maximum Gasteiger partial charge on any atom is 0.616 e. The van der Waals surface area contributed by atoms with Crippen LogP contribution < -0.4 is 0 Å². The Balaban J connectivity index is 3.36. The molecule has 1 unspecified atom stereocenters. The Morgan fingerprint density at radius 2 is 1.60 bits per heavy atom. The third-order valence-electron chi connectivity index (χ3n) is 2.20. The van der Waals surface area contributed by atoms with Crippen LogP contribution in [0.5, 0.6) is 0 Å². The minimum Gasteiger partial charge on any atom is -0.238 e. The maximum absolute atomic E-state index is 12.0. The molecule has 0 aromatic heterocycles. The van der Waals surface area contributed by atoms with E-state index in [1.54, 1.807) is 6.92 Å². The van der Waals surface area contributed by atoms with Gasteiger partial charge in [-0.2, -0.15) is 0 Å². The van der Waals surface area contributed by atoms with Crippen LogP contribution in [0.2, 0.25) is 18.1 Å². The van der Waals surface area contributed by atoms with Gasteiger partial charge in [-0.1, -0.05) is 25.4 Å². The van der Waals surface area contributed by atoms with E-state index in [1.807, 2.05) is 0 Å². The van der Waals surface area contributed by atoms with E-state index in [2.05, 4.69) is 0 Å². The largest absolute Gasteiger partial charge is 0.616 e. The molecule has 0 saturated carbocycles. The molecule has 0 aliphatic heterocycles. The van der Waals surface area contributed by atoms with Gasteiger partial charge in [-0.3, -0.25) is 0 Å². The van der Waals surface area contributed by atoms with Crippen molar-refractivity contribution in [2.75, 3.05) is 0 Å². The van der Waals surface area contributed by atoms with Gasteiger partial charge >= 0.3 is 9.08 Å². The Bertz CT molecular complexity index is 160. The zero-order valence-electron chi connectivity index (χ0n) is 8.79. The molecule has 0 spiro atoms. The third-order valence-corrected chi connectivity index (χ3v) is 5.18. The average molecular weight is 264 g/mol. The van der Waals surface area contributed by atoms with Crippen LogP contribution in [0, 0.1) is 5.92 Å². The molecule has 0 saturated heterocycles. The molecule has 0 N–H and O–H groups in total. The van der Waals surface area contributed by atoms with E-state index >= 15 is 0 Å². The van der Waals surface area contributed by atoms with Crippen molar-refractivity contribution in [1.29, 1.82) is 0 Å². The highest BCUT2D eigenvalue weighted by molar-refractivity contribution is 6.58. The van der Waals surface area contributed by atoms with Crippen LogP contribution in [0.3, 0.4) is 0 Å². The number of halogens is 5. The summed E-state index contributed by atoms with van der Waals surface area (Å²) in [6, 6.07) is 0.697. The fourth-order valence-corrected chi connectivity index (χ4v) is 4.40. The number of hydrogen-bond donors (Lipinski definition) is 0. The fourth-order valence-electron chi connectivity index (χ4n) is 1.47. The van der Waals surface area contributed by atoms with Crippen LogP contribution in [-0.2, 0) is 0 Å². The number of rotatable bonds is 8. The highest BCUT2D eigenvalue weighted by Crippen LogP contribution is 2.24. The van der Waals surface area contributed by atoms with E-state index in [4.69, 9.17) is 0 Å². The lowest BCUT2D eigenvalue weighted by Crippen LogP contribution is -2.18. The lowest BCUT2D eigenvalue weighted by atomic mass is 10.2. The van der Waals surface area contributed by atoms with Gasteiger partial charge in [0.15, 0.2) is 0 Å². The van der Waals surface area contributed by atoms with E-state index in [0.717, 1.165) is 6.04 Å². The first-order valence-electron chi connectivity index (χ1n) is 5.16. The lowest BCUT2D eigenvalue weighted by Gasteiger charge is -2.11. The monoisotopic (exact) mass is 264 g/mol. The molecule has 7 heteroatoms. The summed E-state index contributed by atoms with van der Waals surface area (Å²) in [5, 5.41) is 0. The number of alkyl halides is 2. The molecule has 0 rings (SSSR count). The standard InChI is InChI=1S/C8H17F5Si2/c1-7(6-15(11,12)13)2-4-14-5-3-8(9)10/h7-8H,2-6,14H2,1H3. The Kier molecular flexibility index (Phi) is 7.41. The molecule has 0 aliphatic rings. The van der Waals surface area contributed by atoms with Gasteiger partial charge in [-0.05, 0) is 5.92 Å². The van der Waals surface area contributed by atoms with Crippen LogP contribution >= 0.6 is 0 Å². The predicted octanol–water partition coefficient (Wildman–Crippen LogP) is 3.52. The highest BCUT2D eigenvalue weighted by atomic mass is 28.5. The quantitative estimate of drug-likeness (QED) is 0.272.